The summed E-state index contributed by atoms with van der Waals surface area (Å²) in [5.41, 5.74) is -1.59. The molecule has 2 heterocycles. The zero-order valence-corrected chi connectivity index (χ0v) is 22.3. The Balaban J connectivity index is 2.23. The maximum Gasteiger partial charge on any atom is 0.311 e. The molecule has 0 radical (unpaired) electrons. The van der Waals surface area contributed by atoms with E-state index < -0.39 is 29.7 Å². The number of aliphatic hydroxyl groups excluding tert-OH is 2. The molecular weight excluding hydrogens is 438 g/mol. The van der Waals surface area contributed by atoms with Crippen LogP contribution in [-0.4, -0.2) is 89.2 Å². The van der Waals surface area contributed by atoms with Crippen molar-refractivity contribution in [1.82, 2.24) is 4.90 Å². The van der Waals surface area contributed by atoms with Gasteiger partial charge in [-0.1, -0.05) is 13.8 Å². The van der Waals surface area contributed by atoms with E-state index >= 15 is 0 Å². The van der Waals surface area contributed by atoms with E-state index in [2.05, 4.69) is 13.8 Å². The van der Waals surface area contributed by atoms with Gasteiger partial charge in [0.2, 0.25) is 0 Å². The Morgan fingerprint density at radius 1 is 1.09 bits per heavy atom. The lowest BCUT2D eigenvalue weighted by Crippen LogP contribution is -2.55. The number of esters is 1. The molecule has 0 aromatic rings. The number of nitrogens with zero attached hydrogens (tertiary/aromatic N) is 1. The third kappa shape index (κ3) is 8.42. The molecule has 0 saturated carbocycles. The van der Waals surface area contributed by atoms with Gasteiger partial charge in [0.25, 0.3) is 0 Å². The second kappa shape index (κ2) is 13.0. The van der Waals surface area contributed by atoms with Crippen molar-refractivity contribution in [2.45, 2.75) is 110 Å². The average Bonchev–Trinajstić information content (AvgIpc) is 2.76. The number of hydrogen-bond donors (Lipinski definition) is 3. The summed E-state index contributed by atoms with van der Waals surface area (Å²) in [6.45, 7) is 12.0. The van der Waals surface area contributed by atoms with Gasteiger partial charge < -0.3 is 34.4 Å². The van der Waals surface area contributed by atoms with Crippen LogP contribution in [0, 0.1) is 23.7 Å². The molecule has 6 unspecified atom stereocenters. The minimum absolute atomic E-state index is 0.0699. The fourth-order valence-electron chi connectivity index (χ4n) is 5.41. The SMILES string of the molecule is CC1CC(C)O[C@@H](O[C@H]2CCC(CO)C[C@@H](C)CN(C)C(C)C(O)[C@](C)(O)COC(=O)C2C)C1. The van der Waals surface area contributed by atoms with E-state index in [1.54, 1.807) is 6.92 Å². The van der Waals surface area contributed by atoms with Crippen molar-refractivity contribution in [2.75, 3.05) is 26.8 Å². The number of carbonyl (C=O) groups is 1. The van der Waals surface area contributed by atoms with Crippen LogP contribution in [0.25, 0.3) is 0 Å². The molecule has 0 aromatic carbocycles. The van der Waals surface area contributed by atoms with Crippen molar-refractivity contribution in [3.63, 3.8) is 0 Å². The molecule has 2 rings (SSSR count). The first kappa shape index (κ1) is 29.5. The van der Waals surface area contributed by atoms with Crippen molar-refractivity contribution in [2.24, 2.45) is 23.7 Å². The third-order valence-electron chi connectivity index (χ3n) is 7.72. The highest BCUT2D eigenvalue weighted by atomic mass is 16.7. The van der Waals surface area contributed by atoms with Crippen LogP contribution in [0.15, 0.2) is 0 Å². The largest absolute Gasteiger partial charge is 0.462 e. The summed E-state index contributed by atoms with van der Waals surface area (Å²) in [7, 11) is 1.91. The third-order valence-corrected chi connectivity index (χ3v) is 7.72. The Hall–Kier alpha value is -0.770. The molecule has 2 saturated heterocycles. The van der Waals surface area contributed by atoms with Crippen LogP contribution in [0.2, 0.25) is 0 Å². The molecule has 0 amide bonds. The average molecular weight is 488 g/mol. The second-order valence-corrected chi connectivity index (χ2v) is 11.5. The topological polar surface area (TPSA) is 109 Å². The number of rotatable bonds is 3. The maximum absolute atomic E-state index is 13.0. The molecule has 0 spiro atoms. The molecule has 200 valence electrons. The van der Waals surface area contributed by atoms with Crippen molar-refractivity contribution < 1.29 is 34.3 Å². The molecular formula is C26H49NO7. The zero-order valence-electron chi connectivity index (χ0n) is 22.3. The monoisotopic (exact) mass is 487 g/mol. The Kier molecular flexibility index (Phi) is 11.2. The van der Waals surface area contributed by atoms with Gasteiger partial charge in [-0.2, -0.15) is 0 Å². The number of aliphatic hydroxyl groups is 3. The number of cyclic esters (lactones) is 1. The highest BCUT2D eigenvalue weighted by Crippen LogP contribution is 2.30. The van der Waals surface area contributed by atoms with Gasteiger partial charge in [0.05, 0.1) is 18.1 Å². The molecule has 0 bridgehead atoms. The number of ether oxygens (including phenoxy) is 3. The number of carbonyl (C=O) groups excluding carboxylic acids is 1. The molecule has 34 heavy (non-hydrogen) atoms. The summed E-state index contributed by atoms with van der Waals surface area (Å²) in [4.78, 5) is 15.0. The Labute approximate surface area is 205 Å². The standard InChI is InChI=1S/C26H49NO7/c1-16-10-18(3)33-23(12-16)34-22-9-8-21(14-28)11-17(2)13-27(7)20(5)24(29)26(6,31)15-32-25(30)19(22)4/h16-24,28-29,31H,8-15H2,1-7H3/t16?,17-,18?,19?,20?,21?,22+,23+,24?,26-/m1/s1. The van der Waals surface area contributed by atoms with E-state index in [4.69, 9.17) is 14.2 Å². The fraction of sp³-hybridized carbons (Fsp3) is 0.962. The van der Waals surface area contributed by atoms with Crippen LogP contribution >= 0.6 is 0 Å². The molecule has 0 aromatic heterocycles. The molecule has 3 N–H and O–H groups in total. The van der Waals surface area contributed by atoms with Gasteiger partial charge in [-0.3, -0.25) is 4.79 Å². The summed E-state index contributed by atoms with van der Waals surface area (Å²) >= 11 is 0. The van der Waals surface area contributed by atoms with Gasteiger partial charge in [-0.05, 0) is 78.2 Å². The minimum Gasteiger partial charge on any atom is -0.462 e. The minimum atomic E-state index is -1.59. The summed E-state index contributed by atoms with van der Waals surface area (Å²) in [6, 6.07) is -0.338. The molecule has 0 aliphatic carbocycles. The molecule has 10 atom stereocenters. The molecule has 2 fully saturated rings. The van der Waals surface area contributed by atoms with Crippen LogP contribution in [0.3, 0.4) is 0 Å². The summed E-state index contributed by atoms with van der Waals surface area (Å²) in [6.07, 6.45) is 2.08. The van der Waals surface area contributed by atoms with Crippen molar-refractivity contribution in [3.05, 3.63) is 0 Å². The quantitative estimate of drug-likeness (QED) is 0.521. The van der Waals surface area contributed by atoms with Gasteiger partial charge >= 0.3 is 5.97 Å². The van der Waals surface area contributed by atoms with Crippen molar-refractivity contribution in [1.29, 1.82) is 0 Å². The second-order valence-electron chi connectivity index (χ2n) is 11.5. The predicted molar refractivity (Wildman–Crippen MR) is 130 cm³/mol. The fourth-order valence-corrected chi connectivity index (χ4v) is 5.41. The van der Waals surface area contributed by atoms with Crippen molar-refractivity contribution in [3.8, 4) is 0 Å². The van der Waals surface area contributed by atoms with Crippen LogP contribution in [-0.2, 0) is 19.0 Å². The molecule has 2 aliphatic rings. The zero-order chi connectivity index (χ0) is 25.6. The molecule has 8 nitrogen and oxygen atoms in total. The lowest BCUT2D eigenvalue weighted by Gasteiger charge is -2.38. The summed E-state index contributed by atoms with van der Waals surface area (Å²) in [5, 5.41) is 31.8. The normalized spacial score (nSPS) is 44.6. The Morgan fingerprint density at radius 3 is 2.38 bits per heavy atom. The first-order chi connectivity index (χ1) is 15.8. The Morgan fingerprint density at radius 2 is 1.76 bits per heavy atom. The lowest BCUT2D eigenvalue weighted by atomic mass is 9.88. The number of likely N-dealkylation sites (N-methyl/N-ethyl adjacent to an activating group) is 1. The van der Waals surface area contributed by atoms with Gasteiger partial charge in [0, 0.05) is 25.6 Å². The molecule has 8 heteroatoms. The summed E-state index contributed by atoms with van der Waals surface area (Å²) < 4.78 is 17.8. The highest BCUT2D eigenvalue weighted by Gasteiger charge is 2.39. The molecule has 2 aliphatic heterocycles. The van der Waals surface area contributed by atoms with Gasteiger partial charge in [-0.25, -0.2) is 0 Å². The van der Waals surface area contributed by atoms with Crippen LogP contribution in [0.4, 0.5) is 0 Å². The smallest absolute Gasteiger partial charge is 0.311 e. The van der Waals surface area contributed by atoms with E-state index in [0.717, 1.165) is 25.7 Å². The van der Waals surface area contributed by atoms with E-state index in [-0.39, 0.29) is 43.5 Å². The van der Waals surface area contributed by atoms with Crippen LogP contribution < -0.4 is 0 Å². The van der Waals surface area contributed by atoms with Gasteiger partial charge in [0.1, 0.15) is 18.3 Å². The number of hydrogen-bond acceptors (Lipinski definition) is 8. The predicted octanol–water partition coefficient (Wildman–Crippen LogP) is 2.57. The van der Waals surface area contributed by atoms with E-state index in [1.807, 2.05) is 25.8 Å². The van der Waals surface area contributed by atoms with Crippen LogP contribution in [0.1, 0.15) is 73.6 Å². The maximum atomic E-state index is 13.0. The van der Waals surface area contributed by atoms with E-state index in [9.17, 15) is 20.1 Å². The first-order valence-electron chi connectivity index (χ1n) is 13.0. The van der Waals surface area contributed by atoms with Gasteiger partial charge in [-0.15, -0.1) is 0 Å². The Bertz CT molecular complexity index is 620. The van der Waals surface area contributed by atoms with Crippen LogP contribution in [0.5, 0.6) is 0 Å². The van der Waals surface area contributed by atoms with E-state index in [1.165, 1.54) is 6.92 Å². The highest BCUT2D eigenvalue weighted by molar-refractivity contribution is 5.72. The van der Waals surface area contributed by atoms with E-state index in [0.29, 0.717) is 18.9 Å². The summed E-state index contributed by atoms with van der Waals surface area (Å²) in [5.74, 6) is -0.216. The van der Waals surface area contributed by atoms with Crippen molar-refractivity contribution >= 4 is 5.97 Å². The first-order valence-corrected chi connectivity index (χ1v) is 13.0. The van der Waals surface area contributed by atoms with Gasteiger partial charge in [0.15, 0.2) is 6.29 Å². The lowest BCUT2D eigenvalue weighted by molar-refractivity contribution is -0.231.